The van der Waals surface area contributed by atoms with Crippen LogP contribution in [-0.2, 0) is 27.3 Å². The summed E-state index contributed by atoms with van der Waals surface area (Å²) in [5.74, 6) is -0.472. The number of nitrogens with one attached hydrogen (secondary N) is 2. The highest BCUT2D eigenvalue weighted by Gasteiger charge is 2.58. The number of carbonyl (C=O) groups is 3. The molecule has 0 radical (unpaired) electrons. The maximum Gasteiger partial charge on any atom is 0.240 e. The fraction of sp³-hybridized carbons (Fsp3) is 0.318. The van der Waals surface area contributed by atoms with Crippen LogP contribution in [0.3, 0.4) is 0 Å². The van der Waals surface area contributed by atoms with E-state index in [2.05, 4.69) is 16.7 Å². The first-order valence-corrected chi connectivity index (χ1v) is 9.53. The van der Waals surface area contributed by atoms with Crippen molar-refractivity contribution in [2.24, 2.45) is 5.41 Å². The van der Waals surface area contributed by atoms with Gasteiger partial charge in [0.2, 0.25) is 17.7 Å². The molecule has 2 N–H and O–H groups in total. The fourth-order valence-corrected chi connectivity index (χ4v) is 3.73. The van der Waals surface area contributed by atoms with Gasteiger partial charge in [-0.25, -0.2) is 0 Å². The average Bonchev–Trinajstić information content (AvgIpc) is 3.50. The van der Waals surface area contributed by atoms with Crippen LogP contribution in [0.4, 0.5) is 11.4 Å². The molecule has 1 aliphatic heterocycles. The topological polar surface area (TPSA) is 78.5 Å². The van der Waals surface area contributed by atoms with E-state index in [1.807, 2.05) is 23.1 Å². The summed E-state index contributed by atoms with van der Waals surface area (Å²) in [6.45, 7) is 2.66. The number of hydrogen-bond donors (Lipinski definition) is 2. The second kappa shape index (κ2) is 7.11. The third kappa shape index (κ3) is 3.50. The second-order valence-corrected chi connectivity index (χ2v) is 7.54. The van der Waals surface area contributed by atoms with E-state index in [0.29, 0.717) is 37.3 Å². The third-order valence-electron chi connectivity index (χ3n) is 5.48. The molecular formula is C22H23N3O3. The van der Waals surface area contributed by atoms with Crippen LogP contribution in [-0.4, -0.2) is 29.2 Å². The molecular weight excluding hydrogens is 354 g/mol. The summed E-state index contributed by atoms with van der Waals surface area (Å²) in [5, 5.41) is 5.55. The fourth-order valence-electron chi connectivity index (χ4n) is 3.73. The van der Waals surface area contributed by atoms with Crippen molar-refractivity contribution in [1.82, 2.24) is 4.90 Å². The lowest BCUT2D eigenvalue weighted by atomic mass is 9.97. The molecule has 0 aromatic heterocycles. The number of anilines is 2. The molecule has 144 valence electrons. The summed E-state index contributed by atoms with van der Waals surface area (Å²) in [4.78, 5) is 38.9. The molecule has 0 spiro atoms. The van der Waals surface area contributed by atoms with Crippen molar-refractivity contribution in [1.29, 1.82) is 0 Å². The molecule has 4 rings (SSSR count). The molecule has 1 heterocycles. The Hall–Kier alpha value is -3.15. The molecule has 1 aliphatic carbocycles. The van der Waals surface area contributed by atoms with Crippen molar-refractivity contribution < 1.29 is 14.4 Å². The minimum atomic E-state index is -0.942. The van der Waals surface area contributed by atoms with Gasteiger partial charge in [-0.15, -0.1) is 0 Å². The normalized spacial score (nSPS) is 16.7. The number of benzene rings is 2. The van der Waals surface area contributed by atoms with Gasteiger partial charge in [-0.3, -0.25) is 14.4 Å². The molecule has 2 aromatic rings. The predicted octanol–water partition coefficient (Wildman–Crippen LogP) is 2.95. The van der Waals surface area contributed by atoms with Crippen molar-refractivity contribution >= 4 is 29.1 Å². The van der Waals surface area contributed by atoms with Gasteiger partial charge < -0.3 is 15.5 Å². The van der Waals surface area contributed by atoms with Crippen LogP contribution >= 0.6 is 0 Å². The number of hydrogen-bond acceptors (Lipinski definition) is 3. The minimum absolute atomic E-state index is 0.0747. The maximum absolute atomic E-state index is 13.1. The summed E-state index contributed by atoms with van der Waals surface area (Å²) >= 11 is 0. The monoisotopic (exact) mass is 377 g/mol. The number of amides is 3. The molecule has 2 aliphatic rings. The van der Waals surface area contributed by atoms with Gasteiger partial charge in [0, 0.05) is 31.4 Å². The quantitative estimate of drug-likeness (QED) is 0.804. The Morgan fingerprint density at radius 1 is 0.893 bits per heavy atom. The first kappa shape index (κ1) is 18.2. The zero-order valence-corrected chi connectivity index (χ0v) is 15.8. The second-order valence-electron chi connectivity index (χ2n) is 7.54. The van der Waals surface area contributed by atoms with Gasteiger partial charge in [0.1, 0.15) is 5.41 Å². The molecule has 6 heteroatoms. The van der Waals surface area contributed by atoms with Gasteiger partial charge in [-0.2, -0.15) is 0 Å². The molecule has 6 nitrogen and oxygen atoms in total. The van der Waals surface area contributed by atoms with E-state index in [1.54, 1.807) is 24.3 Å². The highest BCUT2D eigenvalue weighted by molar-refractivity contribution is 6.13. The Bertz CT molecular complexity index is 932. The standard InChI is InChI=1S/C22H23N3O3/c1-15(26)23-18-6-8-19(9-7-18)24-20(27)22(11-12-22)21(28)25-13-10-16-4-2-3-5-17(16)14-25/h2-9H,10-14H2,1H3,(H,23,26)(H,24,27). The van der Waals surface area contributed by atoms with Crippen LogP contribution in [0.1, 0.15) is 30.9 Å². The van der Waals surface area contributed by atoms with Gasteiger partial charge in [-0.05, 0) is 54.7 Å². The largest absolute Gasteiger partial charge is 0.337 e. The van der Waals surface area contributed by atoms with Crippen molar-refractivity contribution in [3.8, 4) is 0 Å². The van der Waals surface area contributed by atoms with Gasteiger partial charge >= 0.3 is 0 Å². The minimum Gasteiger partial charge on any atom is -0.337 e. The van der Waals surface area contributed by atoms with Crippen molar-refractivity contribution in [3.63, 3.8) is 0 Å². The summed E-state index contributed by atoms with van der Waals surface area (Å²) < 4.78 is 0. The lowest BCUT2D eigenvalue weighted by molar-refractivity contribution is -0.143. The lowest BCUT2D eigenvalue weighted by Gasteiger charge is -2.31. The highest BCUT2D eigenvalue weighted by Crippen LogP contribution is 2.48. The van der Waals surface area contributed by atoms with Crippen LogP contribution in [0.25, 0.3) is 0 Å². The van der Waals surface area contributed by atoms with Crippen molar-refractivity contribution in [2.75, 3.05) is 17.2 Å². The Morgan fingerprint density at radius 2 is 1.50 bits per heavy atom. The molecule has 0 saturated heterocycles. The van der Waals surface area contributed by atoms with Gasteiger partial charge in [0.15, 0.2) is 0 Å². The summed E-state index contributed by atoms with van der Waals surface area (Å²) in [6.07, 6.45) is 1.99. The van der Waals surface area contributed by atoms with E-state index in [1.165, 1.54) is 12.5 Å². The first-order valence-electron chi connectivity index (χ1n) is 9.53. The SMILES string of the molecule is CC(=O)Nc1ccc(NC(=O)C2(C(=O)N3CCc4ccccc4C3)CC2)cc1. The summed E-state index contributed by atoms with van der Waals surface area (Å²) in [5.41, 5.74) is 2.77. The molecule has 0 bridgehead atoms. The summed E-state index contributed by atoms with van der Waals surface area (Å²) in [6, 6.07) is 15.0. The Kier molecular flexibility index (Phi) is 4.63. The van der Waals surface area contributed by atoms with Crippen LogP contribution < -0.4 is 10.6 Å². The van der Waals surface area contributed by atoms with Crippen LogP contribution in [0, 0.1) is 5.41 Å². The van der Waals surface area contributed by atoms with Crippen LogP contribution in [0.2, 0.25) is 0 Å². The van der Waals surface area contributed by atoms with E-state index in [-0.39, 0.29) is 17.7 Å². The van der Waals surface area contributed by atoms with E-state index >= 15 is 0 Å². The number of fused-ring (bicyclic) bond motifs is 1. The lowest BCUT2D eigenvalue weighted by Crippen LogP contribution is -2.45. The van der Waals surface area contributed by atoms with Gasteiger partial charge in [0.25, 0.3) is 0 Å². The molecule has 0 unspecified atom stereocenters. The molecule has 0 atom stereocenters. The molecule has 2 aromatic carbocycles. The van der Waals surface area contributed by atoms with Crippen molar-refractivity contribution in [2.45, 2.75) is 32.7 Å². The van der Waals surface area contributed by atoms with E-state index in [0.717, 1.165) is 12.0 Å². The number of rotatable bonds is 4. The van der Waals surface area contributed by atoms with Crippen LogP contribution in [0.5, 0.6) is 0 Å². The number of nitrogens with zero attached hydrogens (tertiary/aromatic N) is 1. The highest BCUT2D eigenvalue weighted by atomic mass is 16.2. The first-order chi connectivity index (χ1) is 13.5. The average molecular weight is 377 g/mol. The van der Waals surface area contributed by atoms with Gasteiger partial charge in [0.05, 0.1) is 0 Å². The third-order valence-corrected chi connectivity index (χ3v) is 5.48. The maximum atomic E-state index is 13.1. The zero-order valence-electron chi connectivity index (χ0n) is 15.8. The Labute approximate surface area is 163 Å². The van der Waals surface area contributed by atoms with Crippen molar-refractivity contribution in [3.05, 3.63) is 59.7 Å². The Balaban J connectivity index is 1.43. The van der Waals surface area contributed by atoms with Gasteiger partial charge in [-0.1, -0.05) is 24.3 Å². The van der Waals surface area contributed by atoms with E-state index < -0.39 is 5.41 Å². The molecule has 1 fully saturated rings. The Morgan fingerprint density at radius 3 is 2.11 bits per heavy atom. The summed E-state index contributed by atoms with van der Waals surface area (Å²) in [7, 11) is 0. The molecule has 28 heavy (non-hydrogen) atoms. The van der Waals surface area contributed by atoms with Crippen LogP contribution in [0.15, 0.2) is 48.5 Å². The number of carbonyl (C=O) groups excluding carboxylic acids is 3. The zero-order chi connectivity index (χ0) is 19.7. The molecule has 3 amide bonds. The predicted molar refractivity (Wildman–Crippen MR) is 107 cm³/mol. The molecule has 1 saturated carbocycles. The smallest absolute Gasteiger partial charge is 0.240 e. The van der Waals surface area contributed by atoms with E-state index in [4.69, 9.17) is 0 Å². The van der Waals surface area contributed by atoms with E-state index in [9.17, 15) is 14.4 Å².